The first kappa shape index (κ1) is 23.0. The molecule has 2 N–H and O–H groups in total. The minimum Gasteiger partial charge on any atom is -0.755 e. The molecule has 3 aromatic rings. The Morgan fingerprint density at radius 2 is 1.86 bits per heavy atom. The van der Waals surface area contributed by atoms with Crippen LogP contribution in [0.5, 0.6) is 0 Å². The van der Waals surface area contributed by atoms with Crippen molar-refractivity contribution in [2.24, 2.45) is 0 Å². The van der Waals surface area contributed by atoms with Crippen LogP contribution in [0.25, 0.3) is 11.3 Å². The number of benzene rings is 2. The zero-order valence-corrected chi connectivity index (χ0v) is 17.6. The summed E-state index contributed by atoms with van der Waals surface area (Å²) in [5.41, 5.74) is 1.07. The van der Waals surface area contributed by atoms with E-state index in [1.807, 2.05) is 0 Å². The number of anilines is 1. The van der Waals surface area contributed by atoms with E-state index in [0.717, 1.165) is 3.97 Å². The molecule has 29 heavy (non-hydrogen) atoms. The summed E-state index contributed by atoms with van der Waals surface area (Å²) >= 11 is -2.59. The van der Waals surface area contributed by atoms with Crippen LogP contribution in [0.15, 0.2) is 65.7 Å². The van der Waals surface area contributed by atoms with Crippen LogP contribution in [0.3, 0.4) is 0 Å². The van der Waals surface area contributed by atoms with Crippen molar-refractivity contribution in [3.63, 3.8) is 0 Å². The van der Waals surface area contributed by atoms with Crippen molar-refractivity contribution < 1.29 is 21.6 Å². The summed E-state index contributed by atoms with van der Waals surface area (Å²) in [7, 11) is -2.39. The Kier molecular flexibility index (Phi) is 7.55. The van der Waals surface area contributed by atoms with Crippen LogP contribution in [0.1, 0.15) is 5.56 Å². The van der Waals surface area contributed by atoms with Gasteiger partial charge in [0.05, 0.1) is 10.6 Å². The second-order valence-corrected chi connectivity index (χ2v) is 8.40. The van der Waals surface area contributed by atoms with Gasteiger partial charge in [-0.25, -0.2) is 16.8 Å². The molecule has 0 bridgehead atoms. The van der Waals surface area contributed by atoms with Crippen molar-refractivity contribution in [1.82, 2.24) is 9.29 Å². The molecule has 1 unspecified atom stereocenters. The van der Waals surface area contributed by atoms with Gasteiger partial charge in [0.1, 0.15) is 5.82 Å². The maximum atomic E-state index is 14.3. The summed E-state index contributed by atoms with van der Waals surface area (Å²) in [6.45, 7) is 0.390. The molecule has 11 heteroatoms. The predicted molar refractivity (Wildman–Crippen MR) is 111 cm³/mol. The van der Waals surface area contributed by atoms with E-state index >= 15 is 0 Å². The van der Waals surface area contributed by atoms with E-state index in [1.54, 1.807) is 19.2 Å². The molecule has 0 spiro atoms. The summed E-state index contributed by atoms with van der Waals surface area (Å²) in [6.07, 6.45) is 1.42. The Morgan fingerprint density at radius 1 is 1.14 bits per heavy atom. The van der Waals surface area contributed by atoms with Gasteiger partial charge in [0.2, 0.25) is 0 Å². The summed E-state index contributed by atoms with van der Waals surface area (Å²) in [6, 6.07) is 12.9. The number of nitrogens with zero attached hydrogens (tertiary/aromatic N) is 1. The Labute approximate surface area is 176 Å². The lowest BCUT2D eigenvalue weighted by molar-refractivity contribution is 0.542. The van der Waals surface area contributed by atoms with Crippen molar-refractivity contribution in [2.75, 3.05) is 11.8 Å². The number of rotatable bonds is 7. The molecule has 1 aromatic heterocycles. The summed E-state index contributed by atoms with van der Waals surface area (Å²) < 4.78 is 65.6. The molecule has 0 aliphatic heterocycles. The molecule has 0 radical (unpaired) electrons. The zero-order valence-electron chi connectivity index (χ0n) is 15.2. The van der Waals surface area contributed by atoms with E-state index in [0.29, 0.717) is 12.1 Å². The molecular weight excluding hydrogens is 441 g/mol. The molecule has 3 rings (SSSR count). The highest BCUT2D eigenvalue weighted by atomic mass is 35.5. The SMILES string of the molecule is CNCc1cc(-c2ccccc2F)n(S(=O)(=O)c2cccc(NS(=O)[O-])c2)c1.Cl. The van der Waals surface area contributed by atoms with Gasteiger partial charge in [-0.3, -0.25) is 4.21 Å². The number of aromatic nitrogens is 1. The monoisotopic (exact) mass is 458 g/mol. The third-order valence-electron chi connectivity index (χ3n) is 3.97. The van der Waals surface area contributed by atoms with Crippen LogP contribution >= 0.6 is 12.4 Å². The number of nitrogens with one attached hydrogen (secondary N) is 2. The number of hydrogen-bond acceptors (Lipinski definition) is 5. The molecule has 0 amide bonds. The Hall–Kier alpha value is -2.24. The van der Waals surface area contributed by atoms with Crippen LogP contribution in [0, 0.1) is 5.82 Å². The Balaban J connectivity index is 0.00000300. The van der Waals surface area contributed by atoms with E-state index in [4.69, 9.17) is 0 Å². The molecule has 0 saturated heterocycles. The van der Waals surface area contributed by atoms with Gasteiger partial charge in [0.25, 0.3) is 10.0 Å². The summed E-state index contributed by atoms with van der Waals surface area (Å²) in [4.78, 5) is -0.132. The summed E-state index contributed by atoms with van der Waals surface area (Å²) in [5.74, 6) is -0.551. The molecule has 0 fully saturated rings. The molecule has 7 nitrogen and oxygen atoms in total. The first-order valence-corrected chi connectivity index (χ1v) is 10.7. The van der Waals surface area contributed by atoms with E-state index in [2.05, 4.69) is 10.0 Å². The van der Waals surface area contributed by atoms with E-state index in [-0.39, 0.29) is 34.2 Å². The highest BCUT2D eigenvalue weighted by molar-refractivity contribution is 7.90. The van der Waals surface area contributed by atoms with Crippen LogP contribution in [0.4, 0.5) is 10.1 Å². The molecule has 2 aromatic carbocycles. The standard InChI is InChI=1S/C18H18FN3O4S2.ClH/c1-20-11-13-9-18(16-7-2-3-8-17(16)19)22(12-13)28(25,26)15-6-4-5-14(10-15)21-27(23)24;/h2-10,12,20-21H,11H2,1H3,(H,23,24);1H/p-1. The fourth-order valence-electron chi connectivity index (χ4n) is 2.79. The van der Waals surface area contributed by atoms with E-state index in [1.165, 1.54) is 48.7 Å². The lowest BCUT2D eigenvalue weighted by atomic mass is 10.1. The van der Waals surface area contributed by atoms with Crippen molar-refractivity contribution in [2.45, 2.75) is 11.4 Å². The zero-order chi connectivity index (χ0) is 20.3. The molecule has 156 valence electrons. The van der Waals surface area contributed by atoms with E-state index in [9.17, 15) is 21.6 Å². The van der Waals surface area contributed by atoms with Crippen LogP contribution < -0.4 is 10.0 Å². The van der Waals surface area contributed by atoms with Crippen LogP contribution in [-0.2, 0) is 27.8 Å². The van der Waals surface area contributed by atoms with Gasteiger partial charge in [0, 0.05) is 35.3 Å². The predicted octanol–water partition coefficient (Wildman–Crippen LogP) is 2.88. The van der Waals surface area contributed by atoms with Crippen molar-refractivity contribution in [3.8, 4) is 11.3 Å². The lowest BCUT2D eigenvalue weighted by Gasteiger charge is -2.13. The Morgan fingerprint density at radius 3 is 2.52 bits per heavy atom. The fraction of sp³-hybridized carbons (Fsp3) is 0.111. The van der Waals surface area contributed by atoms with Crippen LogP contribution in [0.2, 0.25) is 0 Å². The van der Waals surface area contributed by atoms with Crippen molar-refractivity contribution in [1.29, 1.82) is 0 Å². The topological polar surface area (TPSA) is 103 Å². The maximum Gasteiger partial charge on any atom is 0.268 e. The van der Waals surface area contributed by atoms with E-state index < -0.39 is 27.1 Å². The largest absolute Gasteiger partial charge is 0.755 e. The normalized spacial score (nSPS) is 12.2. The number of hydrogen-bond donors (Lipinski definition) is 2. The molecule has 1 atom stereocenters. The first-order chi connectivity index (χ1) is 13.3. The third-order valence-corrected chi connectivity index (χ3v) is 6.04. The van der Waals surface area contributed by atoms with Gasteiger partial charge in [0.15, 0.2) is 0 Å². The second kappa shape index (κ2) is 9.51. The number of halogens is 2. The highest BCUT2D eigenvalue weighted by Gasteiger charge is 2.23. The highest BCUT2D eigenvalue weighted by Crippen LogP contribution is 2.29. The first-order valence-electron chi connectivity index (χ1n) is 8.15. The lowest BCUT2D eigenvalue weighted by Crippen LogP contribution is -2.14. The molecular formula is C18H18ClFN3O4S2-. The fourth-order valence-corrected chi connectivity index (χ4v) is 4.55. The minimum absolute atomic E-state index is 0. The maximum absolute atomic E-state index is 14.3. The van der Waals surface area contributed by atoms with Gasteiger partial charge < -0.3 is 14.6 Å². The smallest absolute Gasteiger partial charge is 0.268 e. The second-order valence-electron chi connectivity index (χ2n) is 5.91. The van der Waals surface area contributed by atoms with Crippen LogP contribution in [-0.4, -0.2) is 28.2 Å². The average molecular weight is 459 g/mol. The van der Waals surface area contributed by atoms with Gasteiger partial charge in [-0.1, -0.05) is 18.2 Å². The molecule has 0 saturated carbocycles. The molecule has 0 aliphatic rings. The minimum atomic E-state index is -4.11. The summed E-state index contributed by atoms with van der Waals surface area (Å²) in [5, 5.41) is 2.93. The molecule has 1 heterocycles. The van der Waals surface area contributed by atoms with Gasteiger partial charge >= 0.3 is 0 Å². The quantitative estimate of drug-likeness (QED) is 0.530. The van der Waals surface area contributed by atoms with Gasteiger partial charge in [-0.15, -0.1) is 12.4 Å². The van der Waals surface area contributed by atoms with Crippen molar-refractivity contribution >= 4 is 39.4 Å². The third kappa shape index (κ3) is 5.03. The average Bonchev–Trinajstić information content (AvgIpc) is 3.07. The molecule has 0 aliphatic carbocycles. The Bertz CT molecular complexity index is 1140. The van der Waals surface area contributed by atoms with Gasteiger partial charge in [-0.2, -0.15) is 0 Å². The van der Waals surface area contributed by atoms with Crippen molar-refractivity contribution in [3.05, 3.63) is 72.2 Å². The van der Waals surface area contributed by atoms with Gasteiger partial charge in [-0.05, 0) is 49.0 Å².